The molecule has 1 aliphatic rings. The van der Waals surface area contributed by atoms with E-state index >= 15 is 0 Å². The van der Waals surface area contributed by atoms with Crippen LogP contribution >= 0.6 is 11.3 Å². The molecule has 0 unspecified atom stereocenters. The minimum atomic E-state index is -3.81. The van der Waals surface area contributed by atoms with Gasteiger partial charge in [0.25, 0.3) is 10.0 Å². The van der Waals surface area contributed by atoms with Gasteiger partial charge in [0.2, 0.25) is 5.91 Å². The zero-order chi connectivity index (χ0) is 23.6. The largest absolute Gasteiger partial charge is 0.497 e. The normalized spacial score (nSPS) is 14.3. The van der Waals surface area contributed by atoms with Crippen LogP contribution in [-0.2, 0) is 14.8 Å². The molecule has 0 bridgehead atoms. The molecule has 1 heterocycles. The quantitative estimate of drug-likeness (QED) is 0.469. The van der Waals surface area contributed by atoms with Crippen LogP contribution in [0.5, 0.6) is 5.75 Å². The third-order valence-corrected chi connectivity index (χ3v) is 8.48. The van der Waals surface area contributed by atoms with E-state index < -0.39 is 10.0 Å². The number of rotatable bonds is 7. The molecule has 2 N–H and O–H groups in total. The Morgan fingerprint density at radius 3 is 2.45 bits per heavy atom. The summed E-state index contributed by atoms with van der Waals surface area (Å²) >= 11 is 1.36. The first kappa shape index (κ1) is 23.3. The SMILES string of the molecule is COc1ccc(NS(=O)(=O)c2cc(-c3sc(NC(=O)C4CCCC4)nc3C)ccc2C)cc1. The van der Waals surface area contributed by atoms with Crippen molar-refractivity contribution in [3.05, 3.63) is 53.7 Å². The number of nitrogens with one attached hydrogen (secondary N) is 2. The van der Waals surface area contributed by atoms with Gasteiger partial charge in [-0.05, 0) is 68.1 Å². The van der Waals surface area contributed by atoms with Gasteiger partial charge in [0.1, 0.15) is 5.75 Å². The monoisotopic (exact) mass is 485 g/mol. The average Bonchev–Trinajstić information content (AvgIpc) is 3.44. The number of carbonyl (C=O) groups excluding carboxylic acids is 1. The van der Waals surface area contributed by atoms with Crippen molar-refractivity contribution >= 4 is 38.1 Å². The predicted molar refractivity (Wildman–Crippen MR) is 131 cm³/mol. The van der Waals surface area contributed by atoms with E-state index in [4.69, 9.17) is 4.74 Å². The molecular formula is C24H27N3O4S2. The Bertz CT molecular complexity index is 1260. The van der Waals surface area contributed by atoms with Crippen LogP contribution in [0.25, 0.3) is 10.4 Å². The van der Waals surface area contributed by atoms with Crippen molar-refractivity contribution in [3.63, 3.8) is 0 Å². The van der Waals surface area contributed by atoms with E-state index in [1.54, 1.807) is 50.4 Å². The van der Waals surface area contributed by atoms with Gasteiger partial charge in [0.05, 0.1) is 22.6 Å². The maximum Gasteiger partial charge on any atom is 0.262 e. The van der Waals surface area contributed by atoms with E-state index in [9.17, 15) is 13.2 Å². The number of benzene rings is 2. The number of hydrogen-bond acceptors (Lipinski definition) is 6. The van der Waals surface area contributed by atoms with Gasteiger partial charge in [0, 0.05) is 11.6 Å². The Morgan fingerprint density at radius 1 is 1.09 bits per heavy atom. The van der Waals surface area contributed by atoms with Crippen molar-refractivity contribution in [1.82, 2.24) is 4.98 Å². The van der Waals surface area contributed by atoms with E-state index in [0.29, 0.717) is 22.1 Å². The molecule has 1 aromatic heterocycles. The predicted octanol–water partition coefficient (Wildman–Crippen LogP) is 5.37. The van der Waals surface area contributed by atoms with Crippen molar-refractivity contribution in [2.24, 2.45) is 5.92 Å². The summed E-state index contributed by atoms with van der Waals surface area (Å²) in [4.78, 5) is 18.0. The molecule has 2 aromatic carbocycles. The summed E-state index contributed by atoms with van der Waals surface area (Å²) < 4.78 is 34.0. The molecular weight excluding hydrogens is 458 g/mol. The van der Waals surface area contributed by atoms with Crippen LogP contribution in [0.3, 0.4) is 0 Å². The molecule has 0 saturated heterocycles. The van der Waals surface area contributed by atoms with Crippen molar-refractivity contribution in [2.45, 2.75) is 44.4 Å². The highest BCUT2D eigenvalue weighted by Gasteiger charge is 2.24. The lowest BCUT2D eigenvalue weighted by Gasteiger charge is -2.12. The highest BCUT2D eigenvalue weighted by Crippen LogP contribution is 2.36. The third kappa shape index (κ3) is 5.20. The van der Waals surface area contributed by atoms with E-state index in [0.717, 1.165) is 41.8 Å². The fourth-order valence-corrected chi connectivity index (χ4v) is 6.31. The van der Waals surface area contributed by atoms with Crippen molar-refractivity contribution in [3.8, 4) is 16.2 Å². The molecule has 7 nitrogen and oxygen atoms in total. The first-order valence-electron chi connectivity index (χ1n) is 10.8. The van der Waals surface area contributed by atoms with Gasteiger partial charge in [-0.25, -0.2) is 13.4 Å². The van der Waals surface area contributed by atoms with Gasteiger partial charge in [0.15, 0.2) is 5.13 Å². The fourth-order valence-electron chi connectivity index (χ4n) is 4.01. The molecule has 4 rings (SSSR count). The van der Waals surface area contributed by atoms with Crippen molar-refractivity contribution in [1.29, 1.82) is 0 Å². The Balaban J connectivity index is 1.59. The molecule has 33 heavy (non-hydrogen) atoms. The molecule has 0 atom stereocenters. The molecule has 1 amide bonds. The summed E-state index contributed by atoms with van der Waals surface area (Å²) in [6, 6.07) is 12.0. The molecule has 1 saturated carbocycles. The van der Waals surface area contributed by atoms with Gasteiger partial charge >= 0.3 is 0 Å². The molecule has 174 valence electrons. The Kier molecular flexibility index (Phi) is 6.71. The number of sulfonamides is 1. The zero-order valence-corrected chi connectivity index (χ0v) is 20.5. The minimum absolute atomic E-state index is 0.0173. The number of amides is 1. The number of hydrogen-bond donors (Lipinski definition) is 2. The smallest absolute Gasteiger partial charge is 0.262 e. The highest BCUT2D eigenvalue weighted by atomic mass is 32.2. The van der Waals surface area contributed by atoms with Gasteiger partial charge in [-0.3, -0.25) is 9.52 Å². The summed E-state index contributed by atoms with van der Waals surface area (Å²) in [6.07, 6.45) is 4.02. The molecule has 0 radical (unpaired) electrons. The van der Waals surface area contributed by atoms with Gasteiger partial charge in [-0.1, -0.05) is 36.3 Å². The number of nitrogens with zero attached hydrogens (tertiary/aromatic N) is 1. The van der Waals surface area contributed by atoms with Crippen LogP contribution < -0.4 is 14.8 Å². The maximum atomic E-state index is 13.1. The minimum Gasteiger partial charge on any atom is -0.497 e. The van der Waals surface area contributed by atoms with E-state index in [-0.39, 0.29) is 16.7 Å². The molecule has 0 spiro atoms. The van der Waals surface area contributed by atoms with E-state index in [1.165, 1.54) is 11.3 Å². The Labute approximate surface area is 198 Å². The van der Waals surface area contributed by atoms with Crippen molar-refractivity contribution in [2.75, 3.05) is 17.1 Å². The van der Waals surface area contributed by atoms with E-state index in [1.807, 2.05) is 13.0 Å². The first-order valence-corrected chi connectivity index (χ1v) is 13.1. The Morgan fingerprint density at radius 2 is 1.79 bits per heavy atom. The second kappa shape index (κ2) is 9.52. The summed E-state index contributed by atoms with van der Waals surface area (Å²) in [7, 11) is -2.25. The second-order valence-electron chi connectivity index (χ2n) is 8.22. The highest BCUT2D eigenvalue weighted by molar-refractivity contribution is 7.92. The number of aromatic nitrogens is 1. The zero-order valence-electron chi connectivity index (χ0n) is 18.8. The number of ether oxygens (including phenoxy) is 1. The lowest BCUT2D eigenvalue weighted by molar-refractivity contribution is -0.119. The van der Waals surface area contributed by atoms with Crippen LogP contribution in [0, 0.1) is 19.8 Å². The second-order valence-corrected chi connectivity index (χ2v) is 10.9. The fraction of sp³-hybridized carbons (Fsp3) is 0.333. The van der Waals surface area contributed by atoms with E-state index in [2.05, 4.69) is 15.0 Å². The number of anilines is 2. The molecule has 1 aliphatic carbocycles. The third-order valence-electron chi connectivity index (χ3n) is 5.83. The summed E-state index contributed by atoms with van der Waals surface area (Å²) in [5.41, 5.74) is 2.58. The topological polar surface area (TPSA) is 97.4 Å². The molecule has 9 heteroatoms. The van der Waals surface area contributed by atoms with Gasteiger partial charge in [-0.2, -0.15) is 0 Å². The first-order chi connectivity index (χ1) is 15.8. The Hall–Kier alpha value is -2.91. The number of aryl methyl sites for hydroxylation is 2. The van der Waals surface area contributed by atoms with Crippen LogP contribution in [0.15, 0.2) is 47.4 Å². The number of carbonyl (C=O) groups is 1. The molecule has 3 aromatic rings. The van der Waals surface area contributed by atoms with Crippen molar-refractivity contribution < 1.29 is 17.9 Å². The summed E-state index contributed by atoms with van der Waals surface area (Å²) in [5, 5.41) is 3.48. The standard InChI is InChI=1S/C24H27N3O4S2/c1-15-8-9-18(14-21(15)33(29,30)27-19-10-12-20(31-3)13-11-19)22-16(2)25-24(32-22)26-23(28)17-6-4-5-7-17/h8-14,17,27H,4-7H2,1-3H3,(H,25,26,28). The van der Waals surface area contributed by atoms with Crippen LogP contribution in [0.2, 0.25) is 0 Å². The lowest BCUT2D eigenvalue weighted by Crippen LogP contribution is -2.20. The number of methoxy groups -OCH3 is 1. The van der Waals surface area contributed by atoms with Crippen LogP contribution in [0.1, 0.15) is 36.9 Å². The van der Waals surface area contributed by atoms with Gasteiger partial charge < -0.3 is 10.1 Å². The van der Waals surface area contributed by atoms with Crippen LogP contribution in [0.4, 0.5) is 10.8 Å². The van der Waals surface area contributed by atoms with Crippen LogP contribution in [-0.4, -0.2) is 26.4 Å². The summed E-state index contributed by atoms with van der Waals surface area (Å²) in [6.45, 7) is 3.62. The van der Waals surface area contributed by atoms with Gasteiger partial charge in [-0.15, -0.1) is 0 Å². The average molecular weight is 486 g/mol. The molecule has 1 fully saturated rings. The lowest BCUT2D eigenvalue weighted by atomic mass is 10.1. The summed E-state index contributed by atoms with van der Waals surface area (Å²) in [5.74, 6) is 0.717. The number of thiazole rings is 1. The maximum absolute atomic E-state index is 13.1. The molecule has 0 aliphatic heterocycles.